The Labute approximate surface area is 156 Å². The maximum atomic E-state index is 11.8. The minimum Gasteiger partial charge on any atom is -0.503 e. The van der Waals surface area contributed by atoms with Gasteiger partial charge in [-0.05, 0) is 0 Å². The van der Waals surface area contributed by atoms with Gasteiger partial charge < -0.3 is 19.3 Å². The summed E-state index contributed by atoms with van der Waals surface area (Å²) in [5.41, 5.74) is 0.313. The molecule has 9 nitrogen and oxygen atoms in total. The van der Waals surface area contributed by atoms with Crippen LogP contribution in [-0.4, -0.2) is 45.2 Å². The summed E-state index contributed by atoms with van der Waals surface area (Å²) >= 11 is 0. The van der Waals surface area contributed by atoms with Crippen LogP contribution in [0.15, 0.2) is 31.2 Å². The smallest absolute Gasteiger partial charge is 0.341 e. The number of aromatic nitrogens is 4. The van der Waals surface area contributed by atoms with Gasteiger partial charge in [0.1, 0.15) is 18.2 Å². The Kier molecular flexibility index (Phi) is 7.50. The molecule has 23 heavy (non-hydrogen) atoms. The van der Waals surface area contributed by atoms with Gasteiger partial charge in [-0.15, -0.1) is 0 Å². The fraction of sp³-hybridized carbons (Fsp3) is 0.154. The molecule has 2 aromatic heterocycles. The molecule has 0 atom stereocenters. The van der Waals surface area contributed by atoms with Crippen molar-refractivity contribution in [1.82, 2.24) is 19.9 Å². The standard InChI is InChI=1S/C13H12N4O5.Y/c1-20-5-9(13(19)21-2)8-4-14-6-17-12(8)22-11-3-10(18)15-7-16-11;/h3-7H,1-2H3,(H,15,16,18);/b9-5-;. The van der Waals surface area contributed by atoms with Crippen molar-refractivity contribution in [2.75, 3.05) is 14.2 Å². The minimum atomic E-state index is -0.646. The average molecular weight is 393 g/mol. The van der Waals surface area contributed by atoms with Crippen molar-refractivity contribution < 1.29 is 56.8 Å². The Morgan fingerprint density at radius 3 is 2.65 bits per heavy atom. The van der Waals surface area contributed by atoms with E-state index in [0.29, 0.717) is 0 Å². The molecule has 1 N–H and O–H groups in total. The van der Waals surface area contributed by atoms with E-state index in [1.54, 1.807) is 0 Å². The van der Waals surface area contributed by atoms with Crippen LogP contribution in [0, 0.1) is 0 Å². The molecular weight excluding hydrogens is 381 g/mol. The van der Waals surface area contributed by atoms with Crippen LogP contribution in [0.5, 0.6) is 17.6 Å². The van der Waals surface area contributed by atoms with Crippen LogP contribution in [0.1, 0.15) is 5.56 Å². The van der Waals surface area contributed by atoms with E-state index in [2.05, 4.69) is 24.7 Å². The molecule has 0 aliphatic rings. The number of hydrogen-bond donors (Lipinski definition) is 1. The maximum absolute atomic E-state index is 11.8. The number of rotatable bonds is 5. The predicted molar refractivity (Wildman–Crippen MR) is 72.8 cm³/mol. The molecular formula is C13H12N4O5Y. The molecule has 117 valence electrons. The van der Waals surface area contributed by atoms with Gasteiger partial charge >= 0.3 is 5.97 Å². The van der Waals surface area contributed by atoms with Gasteiger partial charge in [0.2, 0.25) is 17.6 Å². The molecule has 0 spiro atoms. The van der Waals surface area contributed by atoms with Crippen molar-refractivity contribution in [1.29, 1.82) is 0 Å². The third-order valence-corrected chi connectivity index (χ3v) is 2.44. The molecule has 0 aliphatic heterocycles. The number of nitrogens with zero attached hydrogens (tertiary/aromatic N) is 4. The quantitative estimate of drug-likeness (QED) is 0.450. The van der Waals surface area contributed by atoms with E-state index in [4.69, 9.17) is 9.47 Å². The number of carbonyl (C=O) groups is 1. The van der Waals surface area contributed by atoms with Gasteiger partial charge in [-0.2, -0.15) is 0 Å². The largest absolute Gasteiger partial charge is 0.503 e. The normalized spacial score (nSPS) is 10.4. The molecule has 0 bridgehead atoms. The first-order valence-electron chi connectivity index (χ1n) is 5.96. The van der Waals surface area contributed by atoms with Crippen molar-refractivity contribution in [3.05, 3.63) is 36.7 Å². The van der Waals surface area contributed by atoms with E-state index in [9.17, 15) is 9.90 Å². The van der Waals surface area contributed by atoms with Crippen LogP contribution in [0.2, 0.25) is 0 Å². The van der Waals surface area contributed by atoms with Crippen molar-refractivity contribution >= 4 is 11.5 Å². The maximum Gasteiger partial charge on any atom is 0.341 e. The minimum absolute atomic E-state index is 0. The fourth-order valence-electron chi connectivity index (χ4n) is 1.52. The van der Waals surface area contributed by atoms with Gasteiger partial charge in [0.15, 0.2) is 0 Å². The van der Waals surface area contributed by atoms with E-state index in [1.807, 2.05) is 0 Å². The van der Waals surface area contributed by atoms with Crippen molar-refractivity contribution in [3.63, 3.8) is 0 Å². The predicted octanol–water partition coefficient (Wildman–Crippen LogP) is 0.922. The van der Waals surface area contributed by atoms with E-state index in [-0.39, 0.29) is 61.5 Å². The van der Waals surface area contributed by atoms with Gasteiger partial charge in [0, 0.05) is 38.9 Å². The van der Waals surface area contributed by atoms with Crippen molar-refractivity contribution in [2.24, 2.45) is 0 Å². The second kappa shape index (κ2) is 9.11. The second-order valence-corrected chi connectivity index (χ2v) is 3.82. The summed E-state index contributed by atoms with van der Waals surface area (Å²) in [6.07, 6.45) is 4.92. The van der Waals surface area contributed by atoms with Gasteiger partial charge in [-0.3, -0.25) is 0 Å². The molecule has 0 saturated carbocycles. The molecule has 0 aliphatic carbocycles. The van der Waals surface area contributed by atoms with Crippen molar-refractivity contribution in [2.45, 2.75) is 0 Å². The Morgan fingerprint density at radius 1 is 1.22 bits per heavy atom. The molecule has 0 aromatic carbocycles. The molecule has 0 saturated heterocycles. The van der Waals surface area contributed by atoms with Crippen LogP contribution < -0.4 is 4.74 Å². The zero-order chi connectivity index (χ0) is 15.9. The second-order valence-electron chi connectivity index (χ2n) is 3.82. The monoisotopic (exact) mass is 393 g/mol. The zero-order valence-electron chi connectivity index (χ0n) is 12.3. The van der Waals surface area contributed by atoms with Crippen LogP contribution in [0.4, 0.5) is 0 Å². The molecule has 10 heteroatoms. The Bertz CT molecular complexity index is 710. The van der Waals surface area contributed by atoms with Crippen LogP contribution >= 0.6 is 0 Å². The molecule has 0 unspecified atom stereocenters. The summed E-state index contributed by atoms with van der Waals surface area (Å²) in [6, 6.07) is 1.20. The van der Waals surface area contributed by atoms with Crippen LogP contribution in [-0.2, 0) is 47.0 Å². The Hall–Kier alpha value is -2.13. The van der Waals surface area contributed by atoms with Crippen LogP contribution in [0.25, 0.3) is 5.57 Å². The van der Waals surface area contributed by atoms with Gasteiger partial charge in [0.05, 0.1) is 32.1 Å². The molecule has 2 rings (SSSR count). The molecule has 0 amide bonds. The Morgan fingerprint density at radius 2 is 2.00 bits per heavy atom. The fourth-order valence-corrected chi connectivity index (χ4v) is 1.52. The Balaban J connectivity index is 0.00000264. The topological polar surface area (TPSA) is 117 Å². The first-order valence-corrected chi connectivity index (χ1v) is 5.96. The number of hydrogen-bond acceptors (Lipinski definition) is 9. The van der Waals surface area contributed by atoms with Gasteiger partial charge in [-0.1, -0.05) is 0 Å². The summed E-state index contributed by atoms with van der Waals surface area (Å²) in [4.78, 5) is 27.0. The zero-order valence-corrected chi connectivity index (χ0v) is 15.2. The van der Waals surface area contributed by atoms with E-state index in [0.717, 1.165) is 6.33 Å². The summed E-state index contributed by atoms with van der Waals surface area (Å²) in [5, 5.41) is 9.31. The molecule has 2 aromatic rings. The molecule has 2 heterocycles. The number of carbonyl (C=O) groups excluding carboxylic acids is 1. The summed E-state index contributed by atoms with van der Waals surface area (Å²) in [7, 11) is 2.62. The van der Waals surface area contributed by atoms with E-state index >= 15 is 0 Å². The third-order valence-electron chi connectivity index (χ3n) is 2.44. The van der Waals surface area contributed by atoms with Gasteiger partial charge in [0.25, 0.3) is 0 Å². The molecule has 0 fully saturated rings. The van der Waals surface area contributed by atoms with E-state index in [1.165, 1.54) is 39.1 Å². The van der Waals surface area contributed by atoms with E-state index < -0.39 is 5.97 Å². The third kappa shape index (κ3) is 4.93. The van der Waals surface area contributed by atoms with Gasteiger partial charge in [-0.25, -0.2) is 24.7 Å². The number of esters is 1. The first kappa shape index (κ1) is 18.9. The SMILES string of the molecule is CO/C=C(\C(=O)OC)c1cncnc1Oc1cc(O)ncn1.[Y]. The van der Waals surface area contributed by atoms with Crippen molar-refractivity contribution in [3.8, 4) is 17.6 Å². The molecule has 1 radical (unpaired) electrons. The first-order chi connectivity index (χ1) is 10.7. The number of methoxy groups -OCH3 is 2. The summed E-state index contributed by atoms with van der Waals surface area (Å²) in [6.45, 7) is 0. The summed E-state index contributed by atoms with van der Waals surface area (Å²) in [5.74, 6) is -0.816. The average Bonchev–Trinajstić information content (AvgIpc) is 2.53. The number of ether oxygens (including phenoxy) is 3. The summed E-state index contributed by atoms with van der Waals surface area (Å²) < 4.78 is 15.0. The van der Waals surface area contributed by atoms with Crippen LogP contribution in [0.3, 0.4) is 0 Å². The number of aromatic hydroxyl groups is 1.